The fourth-order valence-electron chi connectivity index (χ4n) is 3.76. The van der Waals surface area contributed by atoms with Crippen LogP contribution in [0, 0.1) is 0 Å². The molecule has 0 unspecified atom stereocenters. The summed E-state index contributed by atoms with van der Waals surface area (Å²) >= 11 is 18.8. The molecule has 2 aliphatic heterocycles. The van der Waals surface area contributed by atoms with Crippen molar-refractivity contribution in [2.24, 2.45) is 0 Å². The molecule has 0 radical (unpaired) electrons. The molecule has 0 saturated carbocycles. The van der Waals surface area contributed by atoms with E-state index in [1.807, 2.05) is 29.2 Å². The van der Waals surface area contributed by atoms with Crippen LogP contribution in [0.15, 0.2) is 72.7 Å². The first-order chi connectivity index (χ1) is 15.9. The van der Waals surface area contributed by atoms with Gasteiger partial charge in [0.2, 0.25) is 0 Å². The summed E-state index contributed by atoms with van der Waals surface area (Å²) in [7, 11) is 0. The summed E-state index contributed by atoms with van der Waals surface area (Å²) in [5, 5.41) is 0.692. The minimum absolute atomic E-state index is 0.246. The van der Waals surface area contributed by atoms with Crippen LogP contribution in [0.5, 0.6) is 0 Å². The van der Waals surface area contributed by atoms with Gasteiger partial charge in [-0.25, -0.2) is 0 Å². The summed E-state index contributed by atoms with van der Waals surface area (Å²) in [6.45, 7) is 9.10. The molecule has 0 aliphatic carbocycles. The number of hydrogen-bond acceptors (Lipinski definition) is 5. The predicted octanol–water partition coefficient (Wildman–Crippen LogP) is 5.75. The van der Waals surface area contributed by atoms with Crippen LogP contribution in [-0.2, 0) is 9.59 Å². The van der Waals surface area contributed by atoms with Gasteiger partial charge in [-0.1, -0.05) is 77.5 Å². The average molecular weight is 516 g/mol. The number of amides is 2. The number of thiocarbonyl (C=S) groups is 1. The van der Waals surface area contributed by atoms with Crippen molar-refractivity contribution in [1.82, 2.24) is 4.90 Å². The number of rotatable bonds is 7. The molecular weight excluding hydrogens is 497 g/mol. The standard InChI is InChI=1S/C24H19Cl2N3O2S2/c1-3-11-27(12-4-2)14-28-19-8-6-5-7-16(19)20(22(28)30)21-23(31)29(24(32)33-21)15-9-10-17(25)18(26)13-15/h3-10,13H,1-2,11-12,14H2. The molecule has 2 amide bonds. The van der Waals surface area contributed by atoms with Gasteiger partial charge >= 0.3 is 0 Å². The number of para-hydroxylation sites is 1. The minimum Gasteiger partial charge on any atom is -0.294 e. The van der Waals surface area contributed by atoms with Crippen LogP contribution >= 0.6 is 47.2 Å². The number of carbonyl (C=O) groups excluding carboxylic acids is 2. The molecule has 0 spiro atoms. The molecule has 2 aliphatic rings. The van der Waals surface area contributed by atoms with Crippen molar-refractivity contribution < 1.29 is 9.59 Å². The van der Waals surface area contributed by atoms with E-state index in [2.05, 4.69) is 13.2 Å². The molecule has 2 heterocycles. The summed E-state index contributed by atoms with van der Waals surface area (Å²) in [5.74, 6) is -0.610. The third-order valence-corrected chi connectivity index (χ3v) is 7.31. The maximum atomic E-state index is 13.6. The third kappa shape index (κ3) is 4.39. The normalized spacial score (nSPS) is 17.8. The van der Waals surface area contributed by atoms with E-state index in [1.54, 1.807) is 35.3 Å². The Labute approximate surface area is 211 Å². The SMILES string of the molecule is C=CCN(CC=C)CN1C(=O)C(=C2SC(=S)N(c3ccc(Cl)c(Cl)c3)C2=O)c2ccccc21. The number of anilines is 2. The number of thioether (sulfide) groups is 1. The van der Waals surface area contributed by atoms with Crippen molar-refractivity contribution in [3.05, 3.63) is 88.3 Å². The summed E-state index contributed by atoms with van der Waals surface area (Å²) < 4.78 is 0.324. The molecule has 1 fully saturated rings. The molecular formula is C24H19Cl2N3O2S2. The lowest BCUT2D eigenvalue weighted by Crippen LogP contribution is -2.40. The smallest absolute Gasteiger partial charge is 0.271 e. The van der Waals surface area contributed by atoms with Crippen LogP contribution < -0.4 is 9.80 Å². The Morgan fingerprint density at radius 3 is 2.36 bits per heavy atom. The second-order valence-electron chi connectivity index (χ2n) is 7.32. The van der Waals surface area contributed by atoms with Crippen LogP contribution in [0.2, 0.25) is 10.0 Å². The number of nitrogens with zero attached hydrogens (tertiary/aromatic N) is 3. The maximum absolute atomic E-state index is 13.6. The highest BCUT2D eigenvalue weighted by atomic mass is 35.5. The van der Waals surface area contributed by atoms with Crippen molar-refractivity contribution in [3.63, 3.8) is 0 Å². The van der Waals surface area contributed by atoms with Crippen LogP contribution in [0.4, 0.5) is 11.4 Å². The lowest BCUT2D eigenvalue weighted by molar-refractivity contribution is -0.115. The molecule has 5 nitrogen and oxygen atoms in total. The molecule has 2 aromatic carbocycles. The van der Waals surface area contributed by atoms with Gasteiger partial charge in [-0.15, -0.1) is 13.2 Å². The quantitative estimate of drug-likeness (QED) is 0.267. The van der Waals surface area contributed by atoms with Crippen LogP contribution in [0.25, 0.3) is 5.57 Å². The highest BCUT2D eigenvalue weighted by Crippen LogP contribution is 2.46. The highest BCUT2D eigenvalue weighted by molar-refractivity contribution is 8.27. The fourth-order valence-corrected chi connectivity index (χ4v) is 5.42. The van der Waals surface area contributed by atoms with Crippen molar-refractivity contribution in [2.45, 2.75) is 0 Å². The fraction of sp³-hybridized carbons (Fsp3) is 0.125. The molecule has 9 heteroatoms. The van der Waals surface area contributed by atoms with E-state index >= 15 is 0 Å². The largest absolute Gasteiger partial charge is 0.294 e. The third-order valence-electron chi connectivity index (χ3n) is 5.20. The molecule has 0 atom stereocenters. The zero-order chi connectivity index (χ0) is 23.7. The van der Waals surface area contributed by atoms with E-state index in [-0.39, 0.29) is 11.8 Å². The Bertz CT molecular complexity index is 1220. The first-order valence-corrected chi connectivity index (χ1v) is 12.0. The Hall–Kier alpha value is -2.42. The summed E-state index contributed by atoms with van der Waals surface area (Å²) in [5.41, 5.74) is 2.30. The Balaban J connectivity index is 1.75. The molecule has 0 aromatic heterocycles. The van der Waals surface area contributed by atoms with Gasteiger partial charge in [0.05, 0.1) is 38.6 Å². The van der Waals surface area contributed by atoms with Gasteiger partial charge in [0, 0.05) is 18.7 Å². The van der Waals surface area contributed by atoms with E-state index in [0.29, 0.717) is 55.9 Å². The summed E-state index contributed by atoms with van der Waals surface area (Å²) in [4.78, 5) is 32.4. The Kier molecular flexibility index (Phi) is 7.07. The minimum atomic E-state index is -0.363. The van der Waals surface area contributed by atoms with Crippen molar-refractivity contribution in [2.75, 3.05) is 29.6 Å². The van der Waals surface area contributed by atoms with Gasteiger partial charge in [-0.05, 0) is 24.3 Å². The van der Waals surface area contributed by atoms with E-state index in [9.17, 15) is 9.59 Å². The van der Waals surface area contributed by atoms with Gasteiger partial charge in [-0.3, -0.25) is 24.3 Å². The molecule has 168 valence electrons. The summed E-state index contributed by atoms with van der Waals surface area (Å²) in [6.07, 6.45) is 3.55. The molecule has 1 saturated heterocycles. The van der Waals surface area contributed by atoms with Crippen LogP contribution in [0.3, 0.4) is 0 Å². The zero-order valence-electron chi connectivity index (χ0n) is 17.5. The first-order valence-electron chi connectivity index (χ1n) is 9.98. The molecule has 4 rings (SSSR count). The van der Waals surface area contributed by atoms with E-state index < -0.39 is 0 Å². The van der Waals surface area contributed by atoms with E-state index in [4.69, 9.17) is 35.4 Å². The molecule has 0 N–H and O–H groups in total. The van der Waals surface area contributed by atoms with Crippen LogP contribution in [0.1, 0.15) is 5.56 Å². The first kappa shape index (κ1) is 23.7. The lowest BCUT2D eigenvalue weighted by atomic mass is 10.1. The lowest BCUT2D eigenvalue weighted by Gasteiger charge is -2.26. The van der Waals surface area contributed by atoms with Crippen molar-refractivity contribution >= 4 is 80.3 Å². The number of carbonyl (C=O) groups is 2. The Morgan fingerprint density at radius 2 is 1.70 bits per heavy atom. The average Bonchev–Trinajstić information content (AvgIpc) is 3.23. The second-order valence-corrected chi connectivity index (χ2v) is 9.77. The number of halogens is 2. The van der Waals surface area contributed by atoms with E-state index in [1.165, 1.54) is 4.90 Å². The number of benzene rings is 2. The van der Waals surface area contributed by atoms with Gasteiger partial charge in [0.25, 0.3) is 11.8 Å². The van der Waals surface area contributed by atoms with Gasteiger partial charge in [0.15, 0.2) is 4.32 Å². The molecule has 0 bridgehead atoms. The highest BCUT2D eigenvalue weighted by Gasteiger charge is 2.42. The zero-order valence-corrected chi connectivity index (χ0v) is 20.6. The van der Waals surface area contributed by atoms with Gasteiger partial charge in [0.1, 0.15) is 0 Å². The summed E-state index contributed by atoms with van der Waals surface area (Å²) in [6, 6.07) is 12.3. The topological polar surface area (TPSA) is 43.9 Å². The second kappa shape index (κ2) is 9.83. The maximum Gasteiger partial charge on any atom is 0.271 e. The van der Waals surface area contributed by atoms with Crippen molar-refractivity contribution in [1.29, 1.82) is 0 Å². The number of fused-ring (bicyclic) bond motifs is 1. The van der Waals surface area contributed by atoms with Crippen molar-refractivity contribution in [3.8, 4) is 0 Å². The Morgan fingerprint density at radius 1 is 1.00 bits per heavy atom. The monoisotopic (exact) mass is 515 g/mol. The van der Waals surface area contributed by atoms with Gasteiger partial charge in [-0.2, -0.15) is 0 Å². The molecule has 33 heavy (non-hydrogen) atoms. The van der Waals surface area contributed by atoms with Gasteiger partial charge < -0.3 is 0 Å². The van der Waals surface area contributed by atoms with E-state index in [0.717, 1.165) is 17.4 Å². The number of hydrogen-bond donors (Lipinski definition) is 0. The predicted molar refractivity (Wildman–Crippen MR) is 142 cm³/mol. The molecule has 2 aromatic rings. The van der Waals surface area contributed by atoms with Crippen LogP contribution in [-0.4, -0.2) is 40.8 Å².